The molecule has 0 saturated heterocycles. The summed E-state index contributed by atoms with van der Waals surface area (Å²) in [7, 11) is 0. The fourth-order valence-electron chi connectivity index (χ4n) is 3.60. The van der Waals surface area contributed by atoms with Crippen LogP contribution >= 0.6 is 0 Å². The summed E-state index contributed by atoms with van der Waals surface area (Å²) < 4.78 is 5.30. The fraction of sp³-hybridized carbons (Fsp3) is 0.960. The van der Waals surface area contributed by atoms with Gasteiger partial charge in [0.15, 0.2) is 0 Å². The predicted molar refractivity (Wildman–Crippen MR) is 119 cm³/mol. The van der Waals surface area contributed by atoms with Crippen LogP contribution in [-0.4, -0.2) is 12.6 Å². The maximum absolute atomic E-state index is 11.6. The lowest BCUT2D eigenvalue weighted by molar-refractivity contribution is -0.143. The number of hydrogen-bond acceptors (Lipinski definition) is 2. The van der Waals surface area contributed by atoms with Gasteiger partial charge in [-0.05, 0) is 12.8 Å². The van der Waals surface area contributed by atoms with Crippen molar-refractivity contribution in [3.8, 4) is 0 Å². The molecule has 27 heavy (non-hydrogen) atoms. The SMILES string of the molecule is CCCCCCCCCCCCCCCCCC(=O)OCCCCCCC. The van der Waals surface area contributed by atoms with Gasteiger partial charge in [-0.1, -0.05) is 129 Å². The third-order valence-electron chi connectivity index (χ3n) is 5.50. The first-order chi connectivity index (χ1) is 13.3. The summed E-state index contributed by atoms with van der Waals surface area (Å²) in [5.41, 5.74) is 0. The van der Waals surface area contributed by atoms with Crippen LogP contribution in [0.1, 0.15) is 149 Å². The van der Waals surface area contributed by atoms with Gasteiger partial charge < -0.3 is 4.74 Å². The number of carbonyl (C=O) groups is 1. The van der Waals surface area contributed by atoms with Gasteiger partial charge in [0.25, 0.3) is 0 Å². The van der Waals surface area contributed by atoms with Crippen LogP contribution in [0.25, 0.3) is 0 Å². The Labute approximate surface area is 171 Å². The van der Waals surface area contributed by atoms with E-state index in [-0.39, 0.29) is 5.97 Å². The quantitative estimate of drug-likeness (QED) is 0.138. The maximum Gasteiger partial charge on any atom is 0.305 e. The van der Waals surface area contributed by atoms with E-state index in [1.165, 1.54) is 116 Å². The fourth-order valence-corrected chi connectivity index (χ4v) is 3.60. The molecule has 162 valence electrons. The van der Waals surface area contributed by atoms with Crippen molar-refractivity contribution in [2.24, 2.45) is 0 Å². The first-order valence-corrected chi connectivity index (χ1v) is 12.5. The van der Waals surface area contributed by atoms with Crippen molar-refractivity contribution in [3.63, 3.8) is 0 Å². The first-order valence-electron chi connectivity index (χ1n) is 12.5. The minimum absolute atomic E-state index is 0.0141. The Hall–Kier alpha value is -0.530. The van der Waals surface area contributed by atoms with Crippen LogP contribution < -0.4 is 0 Å². The van der Waals surface area contributed by atoms with Gasteiger partial charge in [0, 0.05) is 6.42 Å². The molecular formula is C25H50O2. The minimum Gasteiger partial charge on any atom is -0.466 e. The molecule has 0 unspecified atom stereocenters. The van der Waals surface area contributed by atoms with Gasteiger partial charge in [-0.2, -0.15) is 0 Å². The number of esters is 1. The molecule has 0 amide bonds. The average Bonchev–Trinajstić information content (AvgIpc) is 2.67. The Balaban J connectivity index is 3.10. The molecule has 0 aromatic rings. The largest absolute Gasteiger partial charge is 0.466 e. The third kappa shape index (κ3) is 23.4. The van der Waals surface area contributed by atoms with Crippen LogP contribution in [-0.2, 0) is 9.53 Å². The second-order valence-corrected chi connectivity index (χ2v) is 8.33. The van der Waals surface area contributed by atoms with E-state index in [0.29, 0.717) is 13.0 Å². The molecule has 0 heterocycles. The second kappa shape index (κ2) is 23.5. The van der Waals surface area contributed by atoms with Crippen LogP contribution in [0.15, 0.2) is 0 Å². The van der Waals surface area contributed by atoms with Gasteiger partial charge in [-0.15, -0.1) is 0 Å². The van der Waals surface area contributed by atoms with Crippen LogP contribution in [0, 0.1) is 0 Å². The molecule has 0 saturated carbocycles. The van der Waals surface area contributed by atoms with Gasteiger partial charge in [-0.3, -0.25) is 4.79 Å². The first kappa shape index (κ1) is 26.5. The highest BCUT2D eigenvalue weighted by Crippen LogP contribution is 2.14. The topological polar surface area (TPSA) is 26.3 Å². The Morgan fingerprint density at radius 2 is 0.815 bits per heavy atom. The molecule has 0 aromatic carbocycles. The molecular weight excluding hydrogens is 332 g/mol. The maximum atomic E-state index is 11.6. The standard InChI is InChI=1S/C25H50O2/c1-3-5-7-9-10-11-12-13-14-15-16-17-18-19-21-23-25(26)27-24-22-20-8-6-4-2/h3-24H2,1-2H3. The average molecular weight is 383 g/mol. The van der Waals surface area contributed by atoms with Gasteiger partial charge in [-0.25, -0.2) is 0 Å². The Bertz CT molecular complexity index is 288. The van der Waals surface area contributed by atoms with E-state index in [1.54, 1.807) is 0 Å². The minimum atomic E-state index is 0.0141. The lowest BCUT2D eigenvalue weighted by Gasteiger charge is -2.05. The number of unbranched alkanes of at least 4 members (excludes halogenated alkanes) is 18. The van der Waals surface area contributed by atoms with Crippen molar-refractivity contribution in [1.29, 1.82) is 0 Å². The van der Waals surface area contributed by atoms with E-state index in [0.717, 1.165) is 12.8 Å². The monoisotopic (exact) mass is 382 g/mol. The molecule has 0 atom stereocenters. The van der Waals surface area contributed by atoms with Crippen molar-refractivity contribution >= 4 is 5.97 Å². The molecule has 0 spiro atoms. The van der Waals surface area contributed by atoms with Crippen LogP contribution in [0.3, 0.4) is 0 Å². The molecule has 0 fully saturated rings. The van der Waals surface area contributed by atoms with Crippen molar-refractivity contribution in [2.45, 2.75) is 149 Å². The lowest BCUT2D eigenvalue weighted by atomic mass is 10.0. The van der Waals surface area contributed by atoms with E-state index < -0.39 is 0 Å². The molecule has 2 heteroatoms. The Morgan fingerprint density at radius 1 is 0.481 bits per heavy atom. The summed E-state index contributed by atoms with van der Waals surface area (Å²) in [5, 5.41) is 0. The van der Waals surface area contributed by atoms with E-state index in [4.69, 9.17) is 4.74 Å². The second-order valence-electron chi connectivity index (χ2n) is 8.33. The molecule has 0 rings (SSSR count). The highest BCUT2D eigenvalue weighted by molar-refractivity contribution is 5.69. The van der Waals surface area contributed by atoms with Crippen molar-refractivity contribution in [3.05, 3.63) is 0 Å². The Kier molecular flexibility index (Phi) is 23.0. The van der Waals surface area contributed by atoms with E-state index in [9.17, 15) is 4.79 Å². The van der Waals surface area contributed by atoms with Crippen LogP contribution in [0.5, 0.6) is 0 Å². The molecule has 0 N–H and O–H groups in total. The van der Waals surface area contributed by atoms with Crippen LogP contribution in [0.4, 0.5) is 0 Å². The van der Waals surface area contributed by atoms with Gasteiger partial charge in [0.2, 0.25) is 0 Å². The van der Waals surface area contributed by atoms with E-state index in [1.807, 2.05) is 0 Å². The van der Waals surface area contributed by atoms with E-state index in [2.05, 4.69) is 13.8 Å². The summed E-state index contributed by atoms with van der Waals surface area (Å²) in [6.07, 6.45) is 27.1. The molecule has 0 aliphatic heterocycles. The Morgan fingerprint density at radius 3 is 1.22 bits per heavy atom. The summed E-state index contributed by atoms with van der Waals surface area (Å²) in [6, 6.07) is 0. The normalized spacial score (nSPS) is 11.0. The zero-order chi connectivity index (χ0) is 19.8. The zero-order valence-corrected chi connectivity index (χ0v) is 18.9. The molecule has 0 aliphatic carbocycles. The molecule has 0 radical (unpaired) electrons. The molecule has 0 bridgehead atoms. The van der Waals surface area contributed by atoms with Crippen LogP contribution in [0.2, 0.25) is 0 Å². The zero-order valence-electron chi connectivity index (χ0n) is 18.9. The summed E-state index contributed by atoms with van der Waals surface area (Å²) in [4.78, 5) is 11.6. The highest BCUT2D eigenvalue weighted by Gasteiger charge is 2.02. The number of ether oxygens (including phenoxy) is 1. The summed E-state index contributed by atoms with van der Waals surface area (Å²) >= 11 is 0. The molecule has 0 aromatic heterocycles. The van der Waals surface area contributed by atoms with Crippen molar-refractivity contribution < 1.29 is 9.53 Å². The van der Waals surface area contributed by atoms with Crippen molar-refractivity contribution in [1.82, 2.24) is 0 Å². The summed E-state index contributed by atoms with van der Waals surface area (Å²) in [5.74, 6) is 0.0141. The molecule has 2 nitrogen and oxygen atoms in total. The van der Waals surface area contributed by atoms with E-state index >= 15 is 0 Å². The van der Waals surface area contributed by atoms with Gasteiger partial charge in [0.05, 0.1) is 6.61 Å². The summed E-state index contributed by atoms with van der Waals surface area (Å²) in [6.45, 7) is 5.13. The van der Waals surface area contributed by atoms with Gasteiger partial charge in [0.1, 0.15) is 0 Å². The predicted octanol–water partition coefficient (Wildman–Crippen LogP) is 8.76. The number of carbonyl (C=O) groups excluding carboxylic acids is 1. The lowest BCUT2D eigenvalue weighted by Crippen LogP contribution is -2.05. The number of hydrogen-bond donors (Lipinski definition) is 0. The third-order valence-corrected chi connectivity index (χ3v) is 5.50. The number of rotatable bonds is 22. The highest BCUT2D eigenvalue weighted by atomic mass is 16.5. The smallest absolute Gasteiger partial charge is 0.305 e. The van der Waals surface area contributed by atoms with Crippen molar-refractivity contribution in [2.75, 3.05) is 6.61 Å². The molecule has 0 aliphatic rings. The van der Waals surface area contributed by atoms with Gasteiger partial charge >= 0.3 is 5.97 Å².